The number of ether oxygens (including phenoxy) is 1. The maximum Gasteiger partial charge on any atom is 0.237 e. The number of nitrogens with zero attached hydrogens (tertiary/aromatic N) is 1. The number of rotatable bonds is 6. The topological polar surface area (TPSA) is 34.2 Å². The van der Waals surface area contributed by atoms with Crippen LogP contribution in [0.25, 0.3) is 0 Å². The lowest BCUT2D eigenvalue weighted by Crippen LogP contribution is -2.21. The van der Waals surface area contributed by atoms with Crippen LogP contribution in [0.5, 0.6) is 5.88 Å². The Morgan fingerprint density at radius 2 is 2.24 bits per heavy atom. The van der Waals surface area contributed by atoms with Crippen LogP contribution in [0.2, 0.25) is 0 Å². The summed E-state index contributed by atoms with van der Waals surface area (Å²) >= 11 is 0. The summed E-state index contributed by atoms with van der Waals surface area (Å²) in [6, 6.07) is 4.57. The van der Waals surface area contributed by atoms with Crippen molar-refractivity contribution >= 4 is 5.69 Å². The highest BCUT2D eigenvalue weighted by molar-refractivity contribution is 5.53. The smallest absolute Gasteiger partial charge is 0.237 e. The van der Waals surface area contributed by atoms with Gasteiger partial charge in [-0.2, -0.15) is 0 Å². The van der Waals surface area contributed by atoms with Crippen molar-refractivity contribution in [3.8, 4) is 5.88 Å². The predicted octanol–water partition coefficient (Wildman–Crippen LogP) is 3.47. The molecule has 1 fully saturated rings. The van der Waals surface area contributed by atoms with E-state index in [1.807, 2.05) is 19.9 Å². The maximum atomic E-state index is 5.72. The van der Waals surface area contributed by atoms with Crippen molar-refractivity contribution in [1.82, 2.24) is 4.98 Å². The molecular weight excluding hydrogens is 212 g/mol. The molecule has 17 heavy (non-hydrogen) atoms. The first-order chi connectivity index (χ1) is 8.20. The average molecular weight is 234 g/mol. The summed E-state index contributed by atoms with van der Waals surface area (Å²) in [7, 11) is 0. The lowest BCUT2D eigenvalue weighted by molar-refractivity contribution is 0.233. The first kappa shape index (κ1) is 12.2. The monoisotopic (exact) mass is 234 g/mol. The summed E-state index contributed by atoms with van der Waals surface area (Å²) in [6.07, 6.45) is 5.80. The van der Waals surface area contributed by atoms with E-state index in [1.165, 1.54) is 12.8 Å². The van der Waals surface area contributed by atoms with E-state index < -0.39 is 0 Å². The van der Waals surface area contributed by atoms with Crippen LogP contribution in [0.3, 0.4) is 0 Å². The Hall–Kier alpha value is -1.25. The Morgan fingerprint density at radius 3 is 2.82 bits per heavy atom. The Balaban J connectivity index is 2.07. The molecule has 1 saturated carbocycles. The molecule has 1 heterocycles. The summed E-state index contributed by atoms with van der Waals surface area (Å²) in [5.41, 5.74) is 1.03. The van der Waals surface area contributed by atoms with Gasteiger partial charge in [0.25, 0.3) is 0 Å². The second-order valence-electron chi connectivity index (χ2n) is 5.02. The molecule has 1 N–H and O–H groups in total. The summed E-state index contributed by atoms with van der Waals surface area (Å²) in [4.78, 5) is 4.30. The summed E-state index contributed by atoms with van der Waals surface area (Å²) < 4.78 is 5.72. The third kappa shape index (κ3) is 3.35. The van der Waals surface area contributed by atoms with E-state index in [0.29, 0.717) is 6.04 Å². The molecule has 94 valence electrons. The molecule has 0 spiro atoms. The first-order valence-electron chi connectivity index (χ1n) is 6.59. The Kier molecular flexibility index (Phi) is 3.87. The molecule has 3 nitrogen and oxygen atoms in total. The van der Waals surface area contributed by atoms with Gasteiger partial charge in [-0.1, -0.05) is 6.92 Å². The van der Waals surface area contributed by atoms with Gasteiger partial charge >= 0.3 is 0 Å². The molecule has 0 radical (unpaired) electrons. The van der Waals surface area contributed by atoms with Crippen LogP contribution >= 0.6 is 0 Å². The normalized spacial score (nSPS) is 16.9. The molecule has 0 aromatic carbocycles. The second kappa shape index (κ2) is 5.39. The zero-order chi connectivity index (χ0) is 12.3. The predicted molar refractivity (Wildman–Crippen MR) is 70.4 cm³/mol. The largest absolute Gasteiger partial charge is 0.473 e. The van der Waals surface area contributed by atoms with Crippen LogP contribution in [0, 0.1) is 5.92 Å². The van der Waals surface area contributed by atoms with Gasteiger partial charge in [-0.25, -0.2) is 4.98 Å². The van der Waals surface area contributed by atoms with Gasteiger partial charge in [0.1, 0.15) is 0 Å². The third-order valence-electron chi connectivity index (χ3n) is 3.09. The highest BCUT2D eigenvalue weighted by Crippen LogP contribution is 2.36. The SMILES string of the molecule is CCC(Nc1cccnc1OC(C)C)C1CC1. The van der Waals surface area contributed by atoms with Crippen molar-refractivity contribution < 1.29 is 4.74 Å². The minimum Gasteiger partial charge on any atom is -0.473 e. The third-order valence-corrected chi connectivity index (χ3v) is 3.09. The van der Waals surface area contributed by atoms with E-state index in [0.717, 1.165) is 23.9 Å². The van der Waals surface area contributed by atoms with Gasteiger partial charge < -0.3 is 10.1 Å². The van der Waals surface area contributed by atoms with Crippen LogP contribution < -0.4 is 10.1 Å². The van der Waals surface area contributed by atoms with E-state index in [4.69, 9.17) is 4.74 Å². The average Bonchev–Trinajstić information content (AvgIpc) is 3.11. The molecule has 3 heteroatoms. The van der Waals surface area contributed by atoms with Gasteiger partial charge in [0.15, 0.2) is 0 Å². The molecule has 1 aliphatic rings. The fraction of sp³-hybridized carbons (Fsp3) is 0.643. The number of aromatic nitrogens is 1. The minimum atomic E-state index is 0.159. The lowest BCUT2D eigenvalue weighted by Gasteiger charge is -2.20. The Bertz CT molecular complexity index is 361. The van der Waals surface area contributed by atoms with E-state index >= 15 is 0 Å². The van der Waals surface area contributed by atoms with Crippen molar-refractivity contribution in [2.75, 3.05) is 5.32 Å². The first-order valence-corrected chi connectivity index (χ1v) is 6.59. The molecule has 0 bridgehead atoms. The van der Waals surface area contributed by atoms with Crippen LogP contribution in [-0.2, 0) is 0 Å². The number of nitrogens with one attached hydrogen (secondary N) is 1. The number of hydrogen-bond acceptors (Lipinski definition) is 3. The van der Waals surface area contributed by atoms with Gasteiger partial charge in [-0.3, -0.25) is 0 Å². The zero-order valence-electron chi connectivity index (χ0n) is 10.9. The van der Waals surface area contributed by atoms with E-state index in [1.54, 1.807) is 6.20 Å². The van der Waals surface area contributed by atoms with E-state index in [9.17, 15) is 0 Å². The highest BCUT2D eigenvalue weighted by Gasteiger charge is 2.30. The molecule has 2 rings (SSSR count). The quantitative estimate of drug-likeness (QED) is 0.818. The molecule has 1 aromatic heterocycles. The molecule has 0 aliphatic heterocycles. The summed E-state index contributed by atoms with van der Waals surface area (Å²) in [5.74, 6) is 1.56. The lowest BCUT2D eigenvalue weighted by atomic mass is 10.1. The molecule has 0 saturated heterocycles. The summed E-state index contributed by atoms with van der Waals surface area (Å²) in [5, 5.41) is 3.58. The zero-order valence-corrected chi connectivity index (χ0v) is 10.9. The number of pyridine rings is 1. The van der Waals surface area contributed by atoms with Crippen molar-refractivity contribution in [2.45, 2.75) is 52.2 Å². The summed E-state index contributed by atoms with van der Waals surface area (Å²) in [6.45, 7) is 6.28. The van der Waals surface area contributed by atoms with Gasteiger partial charge in [-0.15, -0.1) is 0 Å². The van der Waals surface area contributed by atoms with E-state index in [2.05, 4.69) is 23.3 Å². The van der Waals surface area contributed by atoms with Gasteiger partial charge in [0.05, 0.1) is 11.8 Å². The molecule has 1 aromatic rings. The van der Waals surface area contributed by atoms with Crippen molar-refractivity contribution in [2.24, 2.45) is 5.92 Å². The molecular formula is C14H22N2O. The molecule has 0 amide bonds. The van der Waals surface area contributed by atoms with Crippen molar-refractivity contribution in [3.05, 3.63) is 18.3 Å². The van der Waals surface area contributed by atoms with E-state index in [-0.39, 0.29) is 6.10 Å². The molecule has 1 aliphatic carbocycles. The van der Waals surface area contributed by atoms with Crippen LogP contribution in [-0.4, -0.2) is 17.1 Å². The van der Waals surface area contributed by atoms with Crippen molar-refractivity contribution in [3.63, 3.8) is 0 Å². The standard InChI is InChI=1S/C14H22N2O/c1-4-12(11-7-8-11)16-13-6-5-9-15-14(13)17-10(2)3/h5-6,9-12,16H,4,7-8H2,1-3H3. The number of hydrogen-bond donors (Lipinski definition) is 1. The fourth-order valence-electron chi connectivity index (χ4n) is 2.07. The van der Waals surface area contributed by atoms with Gasteiger partial charge in [0.2, 0.25) is 5.88 Å². The number of anilines is 1. The Morgan fingerprint density at radius 1 is 1.47 bits per heavy atom. The van der Waals surface area contributed by atoms with Gasteiger partial charge in [0, 0.05) is 12.2 Å². The van der Waals surface area contributed by atoms with Gasteiger partial charge in [-0.05, 0) is 51.2 Å². The van der Waals surface area contributed by atoms with Crippen molar-refractivity contribution in [1.29, 1.82) is 0 Å². The minimum absolute atomic E-state index is 0.159. The van der Waals surface area contributed by atoms with Crippen LogP contribution in [0.1, 0.15) is 40.0 Å². The fourth-order valence-corrected chi connectivity index (χ4v) is 2.07. The maximum absolute atomic E-state index is 5.72. The Labute approximate surface area is 104 Å². The molecule has 1 atom stereocenters. The highest BCUT2D eigenvalue weighted by atomic mass is 16.5. The molecule has 1 unspecified atom stereocenters. The van der Waals surface area contributed by atoms with Crippen LogP contribution in [0.15, 0.2) is 18.3 Å². The van der Waals surface area contributed by atoms with Crippen LogP contribution in [0.4, 0.5) is 5.69 Å². The second-order valence-corrected chi connectivity index (χ2v) is 5.02.